The third-order valence-electron chi connectivity index (χ3n) is 5.14. The van der Waals surface area contributed by atoms with E-state index in [1.54, 1.807) is 31.3 Å². The number of amides is 3. The zero-order valence-electron chi connectivity index (χ0n) is 17.6. The zero-order chi connectivity index (χ0) is 22.4. The lowest BCUT2D eigenvalue weighted by Gasteiger charge is -2.27. The van der Waals surface area contributed by atoms with Gasteiger partial charge in [0.2, 0.25) is 11.8 Å². The predicted molar refractivity (Wildman–Crippen MR) is 115 cm³/mol. The standard InChI is InChI=1S/C23H27N3O5/c1-15(27)20-22(29)24-18(14-16-8-4-3-5-9-16)23(30)26(2)12-13-31-19-11-7-6-10-17(19)21(28)25-20/h3-11,15,18,20,27H,12-14H2,1-2H3,(H,24,29)(H,25,28)/t15-,18+,20+/m1/s1. The van der Waals surface area contributed by atoms with E-state index in [4.69, 9.17) is 4.74 Å². The van der Waals surface area contributed by atoms with Gasteiger partial charge in [0, 0.05) is 13.5 Å². The molecular weight excluding hydrogens is 398 g/mol. The Balaban J connectivity index is 1.92. The molecule has 0 saturated carbocycles. The van der Waals surface area contributed by atoms with Crippen LogP contribution in [0.1, 0.15) is 22.8 Å². The molecular formula is C23H27N3O5. The molecule has 3 atom stereocenters. The van der Waals surface area contributed by atoms with Gasteiger partial charge in [-0.3, -0.25) is 14.4 Å². The Hall–Kier alpha value is -3.39. The molecule has 3 amide bonds. The number of benzene rings is 2. The van der Waals surface area contributed by atoms with Crippen molar-refractivity contribution in [2.75, 3.05) is 20.2 Å². The summed E-state index contributed by atoms with van der Waals surface area (Å²) in [6, 6.07) is 13.9. The third-order valence-corrected chi connectivity index (χ3v) is 5.14. The molecule has 1 aliphatic heterocycles. The first-order chi connectivity index (χ1) is 14.9. The van der Waals surface area contributed by atoms with E-state index in [1.165, 1.54) is 11.8 Å². The van der Waals surface area contributed by atoms with Gasteiger partial charge in [-0.1, -0.05) is 42.5 Å². The van der Waals surface area contributed by atoms with Gasteiger partial charge < -0.3 is 25.4 Å². The molecule has 0 radical (unpaired) electrons. The second kappa shape index (κ2) is 10.1. The number of nitrogens with one attached hydrogen (secondary N) is 2. The monoisotopic (exact) mass is 425 g/mol. The molecule has 0 aromatic heterocycles. The van der Waals surface area contributed by atoms with Crippen molar-refractivity contribution in [3.63, 3.8) is 0 Å². The van der Waals surface area contributed by atoms with Gasteiger partial charge in [-0.25, -0.2) is 0 Å². The molecule has 0 bridgehead atoms. The van der Waals surface area contributed by atoms with Crippen LogP contribution in [0.25, 0.3) is 0 Å². The van der Waals surface area contributed by atoms with Gasteiger partial charge in [-0.15, -0.1) is 0 Å². The summed E-state index contributed by atoms with van der Waals surface area (Å²) in [6.45, 7) is 1.86. The highest BCUT2D eigenvalue weighted by molar-refractivity contribution is 6.00. The highest BCUT2D eigenvalue weighted by Gasteiger charge is 2.32. The zero-order valence-corrected chi connectivity index (χ0v) is 17.6. The molecule has 8 nitrogen and oxygen atoms in total. The van der Waals surface area contributed by atoms with E-state index in [1.807, 2.05) is 30.3 Å². The van der Waals surface area contributed by atoms with Crippen LogP contribution >= 0.6 is 0 Å². The van der Waals surface area contributed by atoms with Crippen LogP contribution in [0.15, 0.2) is 54.6 Å². The Morgan fingerprint density at radius 1 is 1.06 bits per heavy atom. The number of hydrogen-bond acceptors (Lipinski definition) is 5. The SMILES string of the molecule is C[C@@H](O)[C@@H]1NC(=O)c2ccccc2OCCN(C)C(=O)[C@H](Cc2ccccc2)NC1=O. The highest BCUT2D eigenvalue weighted by Crippen LogP contribution is 2.19. The van der Waals surface area contributed by atoms with Crippen molar-refractivity contribution < 1.29 is 24.2 Å². The van der Waals surface area contributed by atoms with E-state index in [0.29, 0.717) is 5.75 Å². The Morgan fingerprint density at radius 3 is 2.45 bits per heavy atom. The maximum absolute atomic E-state index is 13.1. The lowest BCUT2D eigenvalue weighted by molar-refractivity contribution is -0.136. The van der Waals surface area contributed by atoms with E-state index >= 15 is 0 Å². The van der Waals surface area contributed by atoms with Crippen LogP contribution < -0.4 is 15.4 Å². The summed E-state index contributed by atoms with van der Waals surface area (Å²) in [5.74, 6) is -1.13. The molecule has 0 unspecified atom stereocenters. The largest absolute Gasteiger partial charge is 0.491 e. The van der Waals surface area contributed by atoms with Crippen LogP contribution in [0, 0.1) is 0 Å². The molecule has 1 heterocycles. The van der Waals surface area contributed by atoms with Crippen LogP contribution in [0.2, 0.25) is 0 Å². The van der Waals surface area contributed by atoms with Crippen LogP contribution in [0.3, 0.4) is 0 Å². The summed E-state index contributed by atoms with van der Waals surface area (Å²) in [5, 5.41) is 15.4. The molecule has 0 saturated heterocycles. The summed E-state index contributed by atoms with van der Waals surface area (Å²) in [4.78, 5) is 40.4. The summed E-state index contributed by atoms with van der Waals surface area (Å²) >= 11 is 0. The van der Waals surface area contributed by atoms with Gasteiger partial charge in [-0.05, 0) is 24.6 Å². The van der Waals surface area contributed by atoms with Gasteiger partial charge in [0.15, 0.2) is 0 Å². The second-order valence-electron chi connectivity index (χ2n) is 7.55. The molecule has 31 heavy (non-hydrogen) atoms. The molecule has 3 rings (SSSR count). The van der Waals surface area contributed by atoms with E-state index < -0.39 is 30.0 Å². The fourth-order valence-corrected chi connectivity index (χ4v) is 3.38. The van der Waals surface area contributed by atoms with E-state index in [0.717, 1.165) is 5.56 Å². The van der Waals surface area contributed by atoms with Gasteiger partial charge in [0.05, 0.1) is 18.2 Å². The van der Waals surface area contributed by atoms with Crippen LogP contribution in [-0.4, -0.2) is 66.1 Å². The normalized spacial score (nSPS) is 21.4. The lowest BCUT2D eigenvalue weighted by Crippen LogP contribution is -2.57. The summed E-state index contributed by atoms with van der Waals surface area (Å²) in [5.41, 5.74) is 1.12. The Kier molecular flexibility index (Phi) is 7.25. The van der Waals surface area contributed by atoms with Crippen molar-refractivity contribution in [1.29, 1.82) is 0 Å². The second-order valence-corrected chi connectivity index (χ2v) is 7.55. The highest BCUT2D eigenvalue weighted by atomic mass is 16.5. The average Bonchev–Trinajstić information content (AvgIpc) is 2.76. The predicted octanol–water partition coefficient (Wildman–Crippen LogP) is 0.744. The van der Waals surface area contributed by atoms with Crippen molar-refractivity contribution in [1.82, 2.24) is 15.5 Å². The first-order valence-electron chi connectivity index (χ1n) is 10.2. The first kappa shape index (κ1) is 22.3. The Morgan fingerprint density at radius 2 is 1.74 bits per heavy atom. The Labute approximate surface area is 181 Å². The van der Waals surface area contributed by atoms with E-state index in [9.17, 15) is 19.5 Å². The fraction of sp³-hybridized carbons (Fsp3) is 0.348. The van der Waals surface area contributed by atoms with Crippen molar-refractivity contribution in [3.8, 4) is 5.75 Å². The van der Waals surface area contributed by atoms with Crippen LogP contribution in [0.5, 0.6) is 5.75 Å². The number of fused-ring (bicyclic) bond motifs is 1. The molecule has 3 N–H and O–H groups in total. The van der Waals surface area contributed by atoms with Crippen molar-refractivity contribution in [2.45, 2.75) is 31.5 Å². The maximum Gasteiger partial charge on any atom is 0.255 e. The summed E-state index contributed by atoms with van der Waals surface area (Å²) < 4.78 is 5.74. The minimum Gasteiger partial charge on any atom is -0.491 e. The third kappa shape index (κ3) is 5.61. The van der Waals surface area contributed by atoms with Crippen LogP contribution in [-0.2, 0) is 16.0 Å². The van der Waals surface area contributed by atoms with Gasteiger partial charge >= 0.3 is 0 Å². The minimum absolute atomic E-state index is 0.179. The molecule has 0 spiro atoms. The maximum atomic E-state index is 13.1. The fourth-order valence-electron chi connectivity index (χ4n) is 3.38. The van der Waals surface area contributed by atoms with Gasteiger partial charge in [-0.2, -0.15) is 0 Å². The number of hydrogen-bond donors (Lipinski definition) is 3. The van der Waals surface area contributed by atoms with Gasteiger partial charge in [0.25, 0.3) is 5.91 Å². The number of likely N-dealkylation sites (N-methyl/N-ethyl adjacent to an activating group) is 1. The summed E-state index contributed by atoms with van der Waals surface area (Å²) in [6.07, 6.45) is -0.899. The van der Waals surface area contributed by atoms with E-state index in [2.05, 4.69) is 10.6 Å². The van der Waals surface area contributed by atoms with Crippen molar-refractivity contribution in [3.05, 3.63) is 65.7 Å². The summed E-state index contributed by atoms with van der Waals surface area (Å²) in [7, 11) is 1.64. The number of carbonyl (C=O) groups excluding carboxylic acids is 3. The Bertz CT molecular complexity index is 932. The smallest absolute Gasteiger partial charge is 0.255 e. The topological polar surface area (TPSA) is 108 Å². The lowest BCUT2D eigenvalue weighted by atomic mass is 10.0. The number of rotatable bonds is 3. The molecule has 0 fully saturated rings. The minimum atomic E-state index is -1.24. The van der Waals surface area contributed by atoms with Crippen molar-refractivity contribution >= 4 is 17.7 Å². The number of carbonyl (C=O) groups is 3. The van der Waals surface area contributed by atoms with Crippen LogP contribution in [0.4, 0.5) is 0 Å². The number of nitrogens with zero attached hydrogens (tertiary/aromatic N) is 1. The number of aliphatic hydroxyl groups is 1. The number of aliphatic hydroxyl groups excluding tert-OH is 1. The van der Waals surface area contributed by atoms with Crippen molar-refractivity contribution in [2.24, 2.45) is 0 Å². The molecule has 1 aliphatic rings. The van der Waals surface area contributed by atoms with Gasteiger partial charge in [0.1, 0.15) is 24.4 Å². The number of para-hydroxylation sites is 1. The number of ether oxygens (including phenoxy) is 1. The average molecular weight is 425 g/mol. The molecule has 0 aliphatic carbocycles. The quantitative estimate of drug-likeness (QED) is 0.673. The van der Waals surface area contributed by atoms with E-state index in [-0.39, 0.29) is 31.0 Å². The molecule has 2 aromatic rings. The first-order valence-corrected chi connectivity index (χ1v) is 10.2. The molecule has 2 aromatic carbocycles. The molecule has 164 valence electrons. The molecule has 8 heteroatoms.